The number of hydrogen-bond acceptors (Lipinski definition) is 4. The number of aryl methyl sites for hydroxylation is 1. The Labute approximate surface area is 85.0 Å². The van der Waals surface area contributed by atoms with Gasteiger partial charge < -0.3 is 0 Å². The average Bonchev–Trinajstić information content (AvgIpc) is 2.52. The van der Waals surface area contributed by atoms with Gasteiger partial charge in [-0.2, -0.15) is 4.99 Å². The standard InChI is InChI=1S/C9H6N2S2/c1-6-2-8-9(13-5-11-8)3-7(6)10-4-12/h2-3,5H,1H3. The van der Waals surface area contributed by atoms with Crippen LogP contribution >= 0.6 is 23.6 Å². The highest BCUT2D eigenvalue weighted by Gasteiger charge is 2.01. The highest BCUT2D eigenvalue weighted by molar-refractivity contribution is 7.78. The summed E-state index contributed by atoms with van der Waals surface area (Å²) >= 11 is 6.17. The molecule has 0 N–H and O–H groups in total. The zero-order valence-corrected chi connectivity index (χ0v) is 8.58. The molecule has 0 radical (unpaired) electrons. The Bertz CT molecular complexity index is 495. The molecule has 4 heteroatoms. The van der Waals surface area contributed by atoms with E-state index in [4.69, 9.17) is 0 Å². The van der Waals surface area contributed by atoms with Crippen molar-refractivity contribution >= 4 is 44.6 Å². The Morgan fingerprint density at radius 1 is 1.54 bits per heavy atom. The third kappa shape index (κ3) is 1.52. The molecule has 64 valence electrons. The lowest BCUT2D eigenvalue weighted by molar-refractivity contribution is 1.41. The van der Waals surface area contributed by atoms with Crippen LogP contribution in [0.15, 0.2) is 22.6 Å². The summed E-state index contributed by atoms with van der Waals surface area (Å²) < 4.78 is 1.13. The van der Waals surface area contributed by atoms with Gasteiger partial charge in [0.1, 0.15) is 0 Å². The third-order valence-electron chi connectivity index (χ3n) is 1.82. The van der Waals surface area contributed by atoms with Crippen LogP contribution in [-0.2, 0) is 0 Å². The van der Waals surface area contributed by atoms with Crippen molar-refractivity contribution in [2.24, 2.45) is 4.99 Å². The topological polar surface area (TPSA) is 25.2 Å². The lowest BCUT2D eigenvalue weighted by atomic mass is 10.2. The van der Waals surface area contributed by atoms with Crippen LogP contribution < -0.4 is 0 Å². The van der Waals surface area contributed by atoms with Crippen LogP contribution in [0.4, 0.5) is 5.69 Å². The molecule has 0 aliphatic heterocycles. The number of nitrogens with zero attached hydrogens (tertiary/aromatic N) is 2. The monoisotopic (exact) mass is 206 g/mol. The summed E-state index contributed by atoms with van der Waals surface area (Å²) in [6, 6.07) is 4.00. The van der Waals surface area contributed by atoms with Gasteiger partial charge in [0.15, 0.2) is 0 Å². The lowest BCUT2D eigenvalue weighted by Gasteiger charge is -1.96. The number of benzene rings is 1. The van der Waals surface area contributed by atoms with E-state index in [1.54, 1.807) is 11.3 Å². The van der Waals surface area contributed by atoms with E-state index in [9.17, 15) is 0 Å². The third-order valence-corrected chi connectivity index (χ3v) is 2.70. The molecular weight excluding hydrogens is 200 g/mol. The summed E-state index contributed by atoms with van der Waals surface area (Å²) in [6.45, 7) is 1.99. The van der Waals surface area contributed by atoms with Crippen LogP contribution in [0, 0.1) is 6.92 Å². The molecule has 2 nitrogen and oxygen atoms in total. The fourth-order valence-electron chi connectivity index (χ4n) is 1.17. The maximum Gasteiger partial charge on any atom is 0.0816 e. The van der Waals surface area contributed by atoms with Crippen LogP contribution in [0.25, 0.3) is 10.2 Å². The van der Waals surface area contributed by atoms with Gasteiger partial charge in [0.05, 0.1) is 26.6 Å². The number of hydrogen-bond donors (Lipinski definition) is 0. The zero-order valence-electron chi connectivity index (χ0n) is 6.94. The van der Waals surface area contributed by atoms with Gasteiger partial charge in [-0.1, -0.05) is 0 Å². The van der Waals surface area contributed by atoms with Gasteiger partial charge in [-0.25, -0.2) is 4.98 Å². The van der Waals surface area contributed by atoms with Gasteiger partial charge in [-0.15, -0.1) is 11.3 Å². The second-order valence-electron chi connectivity index (χ2n) is 2.66. The van der Waals surface area contributed by atoms with Crippen molar-refractivity contribution in [1.29, 1.82) is 0 Å². The van der Waals surface area contributed by atoms with E-state index in [2.05, 4.69) is 27.4 Å². The molecule has 1 heterocycles. The molecule has 0 atom stereocenters. The summed E-state index contributed by atoms with van der Waals surface area (Å²) in [6.07, 6.45) is 0. The summed E-state index contributed by atoms with van der Waals surface area (Å²) in [7, 11) is 0. The number of thiocarbonyl (C=S) groups is 1. The first-order chi connectivity index (χ1) is 6.31. The molecule has 0 spiro atoms. The van der Waals surface area contributed by atoms with Crippen LogP contribution in [-0.4, -0.2) is 10.1 Å². The van der Waals surface area contributed by atoms with E-state index in [1.807, 2.05) is 24.6 Å². The van der Waals surface area contributed by atoms with Gasteiger partial charge >= 0.3 is 0 Å². The summed E-state index contributed by atoms with van der Waals surface area (Å²) in [5.41, 5.74) is 4.81. The molecule has 0 fully saturated rings. The number of aliphatic imine (C=N–C) groups is 1. The predicted molar refractivity (Wildman–Crippen MR) is 59.0 cm³/mol. The fourth-order valence-corrected chi connectivity index (χ4v) is 1.96. The minimum absolute atomic E-state index is 0.881. The van der Waals surface area contributed by atoms with Gasteiger partial charge in [-0.3, -0.25) is 0 Å². The number of fused-ring (bicyclic) bond motifs is 1. The molecule has 1 aromatic carbocycles. The van der Waals surface area contributed by atoms with Crippen LogP contribution in [0.2, 0.25) is 0 Å². The van der Waals surface area contributed by atoms with Crippen LogP contribution in [0.1, 0.15) is 5.56 Å². The molecule has 0 bridgehead atoms. The van der Waals surface area contributed by atoms with Crippen molar-refractivity contribution in [3.63, 3.8) is 0 Å². The van der Waals surface area contributed by atoms with E-state index in [-0.39, 0.29) is 0 Å². The lowest BCUT2D eigenvalue weighted by Crippen LogP contribution is -1.74. The second kappa shape index (κ2) is 3.34. The van der Waals surface area contributed by atoms with Gasteiger partial charge in [-0.05, 0) is 36.8 Å². The summed E-state index contributed by atoms with van der Waals surface area (Å²) in [5, 5.41) is 2.37. The number of aromatic nitrogens is 1. The van der Waals surface area contributed by atoms with Crippen molar-refractivity contribution < 1.29 is 0 Å². The quantitative estimate of drug-likeness (QED) is 0.528. The maximum absolute atomic E-state index is 4.57. The SMILES string of the molecule is Cc1cc2ncsc2cc1N=C=S. The molecule has 1 aromatic heterocycles. The van der Waals surface area contributed by atoms with E-state index in [0.717, 1.165) is 21.5 Å². The first-order valence-electron chi connectivity index (χ1n) is 3.73. The minimum atomic E-state index is 0.881. The van der Waals surface area contributed by atoms with Crippen molar-refractivity contribution in [3.8, 4) is 0 Å². The molecule has 0 saturated heterocycles. The van der Waals surface area contributed by atoms with Crippen molar-refractivity contribution in [3.05, 3.63) is 23.2 Å². The molecule has 13 heavy (non-hydrogen) atoms. The summed E-state index contributed by atoms with van der Waals surface area (Å²) in [4.78, 5) is 8.19. The highest BCUT2D eigenvalue weighted by atomic mass is 32.1. The average molecular weight is 206 g/mol. The predicted octanol–water partition coefficient (Wildman–Crippen LogP) is 3.34. The van der Waals surface area contributed by atoms with E-state index in [0.29, 0.717) is 0 Å². The second-order valence-corrected chi connectivity index (χ2v) is 3.73. The molecule has 0 amide bonds. The van der Waals surface area contributed by atoms with Gasteiger partial charge in [0.25, 0.3) is 0 Å². The van der Waals surface area contributed by atoms with E-state index in [1.165, 1.54) is 0 Å². The molecule has 0 aliphatic rings. The van der Waals surface area contributed by atoms with Crippen molar-refractivity contribution in [2.75, 3.05) is 0 Å². The maximum atomic E-state index is 4.57. The highest BCUT2D eigenvalue weighted by Crippen LogP contribution is 2.27. The van der Waals surface area contributed by atoms with Crippen molar-refractivity contribution in [1.82, 2.24) is 4.98 Å². The Kier molecular flexibility index (Phi) is 2.19. The molecule has 2 rings (SSSR count). The normalized spacial score (nSPS) is 9.92. The molecule has 0 aliphatic carbocycles. The minimum Gasteiger partial charge on any atom is -0.245 e. The van der Waals surface area contributed by atoms with Crippen LogP contribution in [0.5, 0.6) is 0 Å². The number of rotatable bonds is 1. The Morgan fingerprint density at radius 3 is 3.15 bits per heavy atom. The molecule has 2 aromatic rings. The summed E-state index contributed by atoms with van der Waals surface area (Å²) in [5.74, 6) is 0. The first kappa shape index (κ1) is 8.51. The van der Waals surface area contributed by atoms with Crippen molar-refractivity contribution in [2.45, 2.75) is 6.92 Å². The van der Waals surface area contributed by atoms with Gasteiger partial charge in [0.2, 0.25) is 0 Å². The Morgan fingerprint density at radius 2 is 2.38 bits per heavy atom. The van der Waals surface area contributed by atoms with Gasteiger partial charge in [0, 0.05) is 0 Å². The number of thiazole rings is 1. The van der Waals surface area contributed by atoms with E-state index >= 15 is 0 Å². The Hall–Kier alpha value is -1.09. The smallest absolute Gasteiger partial charge is 0.0816 e. The fraction of sp³-hybridized carbons (Fsp3) is 0.111. The van der Waals surface area contributed by atoms with Crippen LogP contribution in [0.3, 0.4) is 0 Å². The Balaban J connectivity index is 2.75. The first-order valence-corrected chi connectivity index (χ1v) is 5.02. The van der Waals surface area contributed by atoms with E-state index < -0.39 is 0 Å². The zero-order chi connectivity index (χ0) is 9.26. The number of isothiocyanates is 1. The molecule has 0 saturated carbocycles. The largest absolute Gasteiger partial charge is 0.245 e. The molecule has 0 unspecified atom stereocenters. The molecular formula is C9H6N2S2.